The third-order valence-electron chi connectivity index (χ3n) is 5.96. The summed E-state index contributed by atoms with van der Waals surface area (Å²) in [7, 11) is 0. The molecule has 0 bridgehead atoms. The molecule has 2 aromatic rings. The van der Waals surface area contributed by atoms with Gasteiger partial charge < -0.3 is 25.0 Å². The SMILES string of the molecule is CC1(C)C(=O)N(c2ccc(C#N)c(Cl)c2)C(=S)N1c1ccc(Cl)c(NC(=O)OCC(CO)(CO)CO)c1. The molecular weight excluding hydrogens is 543 g/mol. The van der Waals surface area contributed by atoms with Gasteiger partial charge in [-0.1, -0.05) is 23.2 Å². The molecule has 13 heteroatoms. The number of nitrogens with one attached hydrogen (secondary N) is 1. The first-order chi connectivity index (χ1) is 17.4. The molecule has 0 atom stereocenters. The molecule has 37 heavy (non-hydrogen) atoms. The molecule has 0 aliphatic carbocycles. The van der Waals surface area contributed by atoms with Crippen LogP contribution in [0.3, 0.4) is 0 Å². The van der Waals surface area contributed by atoms with Gasteiger partial charge in [-0.05, 0) is 62.5 Å². The standard InChI is InChI=1S/C24H24Cl2N4O6S/c1-23(2)20(34)29(15-4-3-14(9-27)18(26)7-15)22(37)30(23)16-5-6-17(25)19(8-16)28-21(35)36-13-24(10-31,11-32)12-33/h3-8,31-33H,10-13H2,1-2H3,(H,28,35). The van der Waals surface area contributed by atoms with Crippen LogP contribution >= 0.6 is 35.4 Å². The van der Waals surface area contributed by atoms with E-state index in [1.54, 1.807) is 30.9 Å². The minimum atomic E-state index is -1.40. The van der Waals surface area contributed by atoms with Gasteiger partial charge in [0.05, 0.1) is 52.2 Å². The van der Waals surface area contributed by atoms with Crippen LogP contribution in [0.5, 0.6) is 0 Å². The van der Waals surface area contributed by atoms with Crippen molar-refractivity contribution in [2.75, 3.05) is 41.5 Å². The van der Waals surface area contributed by atoms with Crippen LogP contribution < -0.4 is 15.1 Å². The van der Waals surface area contributed by atoms with Gasteiger partial charge in [-0.25, -0.2) is 4.79 Å². The van der Waals surface area contributed by atoms with Gasteiger partial charge >= 0.3 is 6.09 Å². The monoisotopic (exact) mass is 566 g/mol. The molecule has 0 saturated carbocycles. The van der Waals surface area contributed by atoms with E-state index in [2.05, 4.69) is 5.32 Å². The van der Waals surface area contributed by atoms with Crippen LogP contribution in [0.4, 0.5) is 21.9 Å². The largest absolute Gasteiger partial charge is 0.448 e. The number of anilines is 3. The lowest BCUT2D eigenvalue weighted by molar-refractivity contribution is -0.120. The summed E-state index contributed by atoms with van der Waals surface area (Å²) in [5.41, 5.74) is -1.28. The molecule has 1 heterocycles. The topological polar surface area (TPSA) is 146 Å². The number of aliphatic hydroxyl groups is 3. The number of benzene rings is 2. The van der Waals surface area contributed by atoms with E-state index in [-0.39, 0.29) is 32.3 Å². The predicted molar refractivity (Wildman–Crippen MR) is 143 cm³/mol. The Morgan fingerprint density at radius 3 is 2.30 bits per heavy atom. The van der Waals surface area contributed by atoms with Crippen LogP contribution in [0, 0.1) is 16.7 Å². The zero-order valence-electron chi connectivity index (χ0n) is 19.9. The maximum Gasteiger partial charge on any atom is 0.411 e. The third kappa shape index (κ3) is 5.50. The Hall–Kier alpha value is -2.98. The first-order valence-electron chi connectivity index (χ1n) is 10.9. The third-order valence-corrected chi connectivity index (χ3v) is 6.97. The normalized spacial score (nSPS) is 15.1. The minimum Gasteiger partial charge on any atom is -0.448 e. The lowest BCUT2D eigenvalue weighted by atomic mass is 9.93. The molecule has 2 amide bonds. The maximum absolute atomic E-state index is 13.4. The van der Waals surface area contributed by atoms with Crippen LogP contribution in [-0.4, -0.2) is 64.4 Å². The van der Waals surface area contributed by atoms with Crippen molar-refractivity contribution in [1.29, 1.82) is 5.26 Å². The van der Waals surface area contributed by atoms with E-state index >= 15 is 0 Å². The number of rotatable bonds is 8. The number of aliphatic hydroxyl groups excluding tert-OH is 3. The first-order valence-corrected chi connectivity index (χ1v) is 12.1. The molecule has 1 aliphatic rings. The number of nitriles is 1. The van der Waals surface area contributed by atoms with Crippen molar-refractivity contribution in [2.24, 2.45) is 5.41 Å². The fraction of sp³-hybridized carbons (Fsp3) is 0.333. The summed E-state index contributed by atoms with van der Waals surface area (Å²) in [4.78, 5) is 28.7. The highest BCUT2D eigenvalue weighted by Crippen LogP contribution is 2.39. The van der Waals surface area contributed by atoms with Crippen LogP contribution in [0.25, 0.3) is 0 Å². The Labute approximate surface area is 228 Å². The average Bonchev–Trinajstić information content (AvgIpc) is 3.05. The van der Waals surface area contributed by atoms with Gasteiger partial charge in [-0.2, -0.15) is 5.26 Å². The molecule has 1 fully saturated rings. The maximum atomic E-state index is 13.4. The summed E-state index contributed by atoms with van der Waals surface area (Å²) in [5.74, 6) is -0.338. The molecule has 1 aliphatic heterocycles. The van der Waals surface area contributed by atoms with Crippen molar-refractivity contribution < 1.29 is 29.6 Å². The number of amides is 2. The zero-order valence-corrected chi connectivity index (χ0v) is 22.2. The van der Waals surface area contributed by atoms with Gasteiger partial charge in [0.25, 0.3) is 5.91 Å². The van der Waals surface area contributed by atoms with E-state index in [0.29, 0.717) is 11.4 Å². The summed E-state index contributed by atoms with van der Waals surface area (Å²) in [6.45, 7) is 1.13. The number of ether oxygens (including phenoxy) is 1. The number of hydrogen-bond donors (Lipinski definition) is 4. The molecule has 196 valence electrons. The molecule has 2 aromatic carbocycles. The van der Waals surface area contributed by atoms with E-state index in [1.807, 2.05) is 6.07 Å². The summed E-state index contributed by atoms with van der Waals surface area (Å²) < 4.78 is 5.06. The van der Waals surface area contributed by atoms with E-state index in [0.717, 1.165) is 0 Å². The molecule has 0 radical (unpaired) electrons. The zero-order chi connectivity index (χ0) is 27.5. The minimum absolute atomic E-state index is 0.144. The lowest BCUT2D eigenvalue weighted by Gasteiger charge is -2.30. The molecule has 10 nitrogen and oxygen atoms in total. The molecule has 4 N–H and O–H groups in total. The van der Waals surface area contributed by atoms with Gasteiger partial charge in [0.1, 0.15) is 18.2 Å². The van der Waals surface area contributed by atoms with Crippen molar-refractivity contribution in [3.63, 3.8) is 0 Å². The van der Waals surface area contributed by atoms with Gasteiger partial charge in [0, 0.05) is 5.69 Å². The van der Waals surface area contributed by atoms with E-state index in [1.165, 1.54) is 29.2 Å². The van der Waals surface area contributed by atoms with Crippen molar-refractivity contribution in [1.82, 2.24) is 0 Å². The highest BCUT2D eigenvalue weighted by atomic mass is 35.5. The second kappa shape index (κ2) is 11.2. The summed E-state index contributed by atoms with van der Waals surface area (Å²) >= 11 is 18.1. The first kappa shape index (κ1) is 28.6. The summed E-state index contributed by atoms with van der Waals surface area (Å²) in [6.07, 6.45) is -0.938. The van der Waals surface area contributed by atoms with Crippen molar-refractivity contribution in [3.8, 4) is 6.07 Å². The highest BCUT2D eigenvalue weighted by molar-refractivity contribution is 7.81. The van der Waals surface area contributed by atoms with Gasteiger partial charge in [0.15, 0.2) is 5.11 Å². The lowest BCUT2D eigenvalue weighted by Crippen LogP contribution is -2.44. The molecular formula is C24H24Cl2N4O6S. The smallest absolute Gasteiger partial charge is 0.411 e. The second-order valence-corrected chi connectivity index (χ2v) is 10.1. The fourth-order valence-electron chi connectivity index (χ4n) is 3.59. The molecule has 0 unspecified atom stereocenters. The number of thiocarbonyl (C=S) groups is 1. The summed E-state index contributed by atoms with van der Waals surface area (Å²) in [6, 6.07) is 11.2. The van der Waals surface area contributed by atoms with E-state index in [4.69, 9.17) is 45.4 Å². The predicted octanol–water partition coefficient (Wildman–Crippen LogP) is 3.29. The summed E-state index contributed by atoms with van der Waals surface area (Å²) in [5, 5.41) is 40.3. The van der Waals surface area contributed by atoms with E-state index in [9.17, 15) is 24.9 Å². The molecule has 3 rings (SSSR count). The quantitative estimate of drug-likeness (QED) is 0.353. The van der Waals surface area contributed by atoms with Crippen LogP contribution in [-0.2, 0) is 9.53 Å². The Morgan fingerprint density at radius 2 is 1.73 bits per heavy atom. The highest BCUT2D eigenvalue weighted by Gasteiger charge is 2.50. The van der Waals surface area contributed by atoms with Gasteiger partial charge in [-0.3, -0.25) is 15.0 Å². The van der Waals surface area contributed by atoms with Crippen LogP contribution in [0.2, 0.25) is 10.0 Å². The van der Waals surface area contributed by atoms with Crippen LogP contribution in [0.15, 0.2) is 36.4 Å². The Bertz CT molecular complexity index is 1270. The number of carbonyl (C=O) groups excluding carboxylic acids is 2. The van der Waals surface area contributed by atoms with Gasteiger partial charge in [0.2, 0.25) is 0 Å². The van der Waals surface area contributed by atoms with Crippen molar-refractivity contribution in [3.05, 3.63) is 52.0 Å². The number of carbonyl (C=O) groups is 2. The van der Waals surface area contributed by atoms with Gasteiger partial charge in [-0.15, -0.1) is 0 Å². The molecule has 0 aromatic heterocycles. The van der Waals surface area contributed by atoms with Crippen molar-refractivity contribution >= 4 is 69.6 Å². The Kier molecular flexibility index (Phi) is 8.64. The molecule has 1 saturated heterocycles. The Morgan fingerprint density at radius 1 is 1.11 bits per heavy atom. The van der Waals surface area contributed by atoms with Crippen molar-refractivity contribution in [2.45, 2.75) is 19.4 Å². The number of nitrogens with zero attached hydrogens (tertiary/aromatic N) is 3. The van der Waals surface area contributed by atoms with Crippen LogP contribution in [0.1, 0.15) is 19.4 Å². The van der Waals surface area contributed by atoms with E-state index < -0.39 is 43.5 Å². The fourth-order valence-corrected chi connectivity index (χ4v) is 4.49. The Balaban J connectivity index is 1.88. The number of hydrogen-bond acceptors (Lipinski definition) is 8. The second-order valence-electron chi connectivity index (χ2n) is 8.93. The number of halogens is 2. The average molecular weight is 567 g/mol. The molecule has 0 spiro atoms.